The van der Waals surface area contributed by atoms with Crippen molar-refractivity contribution < 1.29 is 9.90 Å². The number of nitrogens with one attached hydrogen (secondary N) is 1. The van der Waals surface area contributed by atoms with Crippen molar-refractivity contribution in [3.8, 4) is 0 Å². The van der Waals surface area contributed by atoms with Crippen LogP contribution in [0.3, 0.4) is 0 Å². The lowest BCUT2D eigenvalue weighted by Crippen LogP contribution is -2.24. The zero-order valence-electron chi connectivity index (χ0n) is 12.8. The van der Waals surface area contributed by atoms with Crippen molar-refractivity contribution >= 4 is 28.5 Å². The summed E-state index contributed by atoms with van der Waals surface area (Å²) in [7, 11) is 0. The number of hydrogen-bond acceptors (Lipinski definition) is 2. The number of benzene rings is 2. The molecule has 0 unspecified atom stereocenters. The Morgan fingerprint density at radius 1 is 1.22 bits per heavy atom. The number of para-hydroxylation sites is 1. The van der Waals surface area contributed by atoms with Gasteiger partial charge in [-0.05, 0) is 41.7 Å². The summed E-state index contributed by atoms with van der Waals surface area (Å²) >= 11 is 5.95. The standard InChI is InChI=1S/C19H18ClNO2/c1-2-12-4-3-5-15-17(11-21-19(12)15)16(10-18(22)23)13-6-8-14(20)9-7-13/h3-9,11,16,21H,2,10H2,1H3,(H,22,23)/p-1/t16-/m0/s1. The first-order chi connectivity index (χ1) is 11.1. The highest BCUT2D eigenvalue weighted by molar-refractivity contribution is 6.30. The summed E-state index contributed by atoms with van der Waals surface area (Å²) in [5.41, 5.74) is 4.18. The molecule has 23 heavy (non-hydrogen) atoms. The molecule has 0 saturated carbocycles. The summed E-state index contributed by atoms with van der Waals surface area (Å²) in [4.78, 5) is 14.6. The Kier molecular flexibility index (Phi) is 4.39. The van der Waals surface area contributed by atoms with Crippen molar-refractivity contribution in [2.24, 2.45) is 0 Å². The van der Waals surface area contributed by atoms with Crippen LogP contribution in [0.4, 0.5) is 0 Å². The van der Waals surface area contributed by atoms with Gasteiger partial charge in [0.05, 0.1) is 0 Å². The second kappa shape index (κ2) is 6.47. The maximum Gasteiger partial charge on any atom is 0.0489 e. The third-order valence-electron chi connectivity index (χ3n) is 4.23. The minimum absolute atomic E-state index is 0.0645. The van der Waals surface area contributed by atoms with E-state index >= 15 is 0 Å². The van der Waals surface area contributed by atoms with E-state index < -0.39 is 5.97 Å². The molecule has 0 amide bonds. The van der Waals surface area contributed by atoms with Gasteiger partial charge in [0.25, 0.3) is 0 Å². The molecule has 0 fully saturated rings. The topological polar surface area (TPSA) is 55.9 Å². The van der Waals surface area contributed by atoms with Crippen molar-refractivity contribution in [1.29, 1.82) is 0 Å². The van der Waals surface area contributed by atoms with E-state index in [4.69, 9.17) is 11.6 Å². The quantitative estimate of drug-likeness (QED) is 0.778. The lowest BCUT2D eigenvalue weighted by atomic mass is 9.88. The zero-order chi connectivity index (χ0) is 16.4. The number of carboxylic acids is 1. The molecule has 2 aromatic carbocycles. The number of carbonyl (C=O) groups is 1. The van der Waals surface area contributed by atoms with Gasteiger partial charge in [-0.1, -0.05) is 48.9 Å². The fourth-order valence-corrected chi connectivity index (χ4v) is 3.22. The Morgan fingerprint density at radius 2 is 1.96 bits per heavy atom. The SMILES string of the molecule is CCc1cccc2c([C@@H](CC(=O)[O-])c3ccc(Cl)cc3)c[nH]c12. The molecule has 1 aromatic heterocycles. The summed E-state index contributed by atoms with van der Waals surface area (Å²) in [6.07, 6.45) is 2.76. The van der Waals surface area contributed by atoms with Crippen molar-refractivity contribution in [1.82, 2.24) is 4.98 Å². The lowest BCUT2D eigenvalue weighted by molar-refractivity contribution is -0.305. The van der Waals surface area contributed by atoms with Crippen LogP contribution in [0.1, 0.15) is 36.0 Å². The smallest absolute Gasteiger partial charge is 0.0489 e. The molecule has 1 atom stereocenters. The van der Waals surface area contributed by atoms with Gasteiger partial charge in [-0.25, -0.2) is 0 Å². The molecule has 0 saturated heterocycles. The number of hydrogen-bond donors (Lipinski definition) is 1. The number of halogens is 1. The monoisotopic (exact) mass is 326 g/mol. The van der Waals surface area contributed by atoms with Crippen LogP contribution in [0.5, 0.6) is 0 Å². The van der Waals surface area contributed by atoms with Crippen LogP contribution in [-0.2, 0) is 11.2 Å². The van der Waals surface area contributed by atoms with Gasteiger partial charge in [0.1, 0.15) is 0 Å². The third kappa shape index (κ3) is 3.10. The minimum atomic E-state index is -1.06. The van der Waals surface area contributed by atoms with E-state index in [1.54, 1.807) is 12.1 Å². The van der Waals surface area contributed by atoms with Crippen molar-refractivity contribution in [2.75, 3.05) is 0 Å². The number of fused-ring (bicyclic) bond motifs is 1. The molecule has 3 rings (SSSR count). The number of H-pyrrole nitrogens is 1. The molecule has 1 heterocycles. The van der Waals surface area contributed by atoms with Crippen LogP contribution >= 0.6 is 11.6 Å². The minimum Gasteiger partial charge on any atom is -0.550 e. The Morgan fingerprint density at radius 3 is 2.61 bits per heavy atom. The van der Waals surface area contributed by atoms with E-state index in [2.05, 4.69) is 18.0 Å². The zero-order valence-corrected chi connectivity index (χ0v) is 13.6. The average molecular weight is 327 g/mol. The number of carbonyl (C=O) groups excluding carboxylic acids is 1. The molecular weight excluding hydrogens is 310 g/mol. The van der Waals surface area contributed by atoms with Crippen molar-refractivity contribution in [2.45, 2.75) is 25.7 Å². The van der Waals surface area contributed by atoms with E-state index in [1.165, 1.54) is 5.56 Å². The normalized spacial score (nSPS) is 12.4. The van der Waals surface area contributed by atoms with E-state index in [-0.39, 0.29) is 12.3 Å². The molecular formula is C19H17ClNO2-. The Balaban J connectivity index is 2.13. The van der Waals surface area contributed by atoms with Gasteiger partial charge in [0, 0.05) is 34.0 Å². The van der Waals surface area contributed by atoms with Gasteiger partial charge in [-0.15, -0.1) is 0 Å². The molecule has 0 spiro atoms. The number of aliphatic carboxylic acids is 1. The number of rotatable bonds is 5. The van der Waals surface area contributed by atoms with Crippen LogP contribution in [0, 0.1) is 0 Å². The predicted molar refractivity (Wildman–Crippen MR) is 90.6 cm³/mol. The first kappa shape index (κ1) is 15.6. The van der Waals surface area contributed by atoms with Gasteiger partial charge >= 0.3 is 0 Å². The van der Waals surface area contributed by atoms with Gasteiger partial charge in [0.2, 0.25) is 0 Å². The molecule has 3 aromatic rings. The maximum atomic E-state index is 11.3. The Labute approximate surface area is 139 Å². The number of aromatic nitrogens is 1. The van der Waals surface area contributed by atoms with Gasteiger partial charge in [-0.3, -0.25) is 0 Å². The van der Waals surface area contributed by atoms with Crippen molar-refractivity contribution in [3.63, 3.8) is 0 Å². The molecule has 0 bridgehead atoms. The molecule has 0 aliphatic carbocycles. The van der Waals surface area contributed by atoms with E-state index in [0.29, 0.717) is 5.02 Å². The average Bonchev–Trinajstić information content (AvgIpc) is 2.97. The summed E-state index contributed by atoms with van der Waals surface area (Å²) < 4.78 is 0. The summed E-state index contributed by atoms with van der Waals surface area (Å²) in [6, 6.07) is 13.4. The molecule has 118 valence electrons. The second-order valence-electron chi connectivity index (χ2n) is 5.62. The molecule has 4 heteroatoms. The van der Waals surface area contributed by atoms with Gasteiger partial charge in [0.15, 0.2) is 0 Å². The van der Waals surface area contributed by atoms with Crippen LogP contribution in [0.25, 0.3) is 10.9 Å². The highest BCUT2D eigenvalue weighted by Gasteiger charge is 2.19. The van der Waals surface area contributed by atoms with E-state index in [9.17, 15) is 9.90 Å². The van der Waals surface area contributed by atoms with Gasteiger partial charge in [-0.2, -0.15) is 0 Å². The first-order valence-corrected chi connectivity index (χ1v) is 8.02. The largest absolute Gasteiger partial charge is 0.550 e. The van der Waals surface area contributed by atoms with E-state index in [0.717, 1.165) is 28.5 Å². The molecule has 0 radical (unpaired) electrons. The molecule has 1 N–H and O–H groups in total. The lowest BCUT2D eigenvalue weighted by Gasteiger charge is -2.18. The third-order valence-corrected chi connectivity index (χ3v) is 4.49. The highest BCUT2D eigenvalue weighted by Crippen LogP contribution is 2.34. The maximum absolute atomic E-state index is 11.3. The fraction of sp³-hybridized carbons (Fsp3) is 0.211. The first-order valence-electron chi connectivity index (χ1n) is 7.64. The summed E-state index contributed by atoms with van der Waals surface area (Å²) in [5, 5.41) is 13.0. The van der Waals surface area contributed by atoms with Crippen LogP contribution < -0.4 is 5.11 Å². The second-order valence-corrected chi connectivity index (χ2v) is 6.05. The molecule has 0 aliphatic heterocycles. The molecule has 3 nitrogen and oxygen atoms in total. The number of carboxylic acid groups (broad SMARTS) is 1. The summed E-state index contributed by atoms with van der Waals surface area (Å²) in [6.45, 7) is 2.10. The van der Waals surface area contributed by atoms with Crippen molar-refractivity contribution in [3.05, 3.63) is 70.4 Å². The van der Waals surface area contributed by atoms with Crippen LogP contribution in [0.2, 0.25) is 5.02 Å². The summed E-state index contributed by atoms with van der Waals surface area (Å²) in [5.74, 6) is -1.33. The van der Waals surface area contributed by atoms with E-state index in [1.807, 2.05) is 30.5 Å². The fourth-order valence-electron chi connectivity index (χ4n) is 3.09. The number of aryl methyl sites for hydroxylation is 1. The number of aromatic amines is 1. The Hall–Kier alpha value is -2.26. The Bertz CT molecular complexity index is 836. The predicted octanol–water partition coefficient (Wildman–Crippen LogP) is 3.66. The molecule has 0 aliphatic rings. The van der Waals surface area contributed by atoms with Gasteiger partial charge < -0.3 is 14.9 Å². The highest BCUT2D eigenvalue weighted by atomic mass is 35.5. The van der Waals surface area contributed by atoms with Crippen LogP contribution in [0.15, 0.2) is 48.7 Å². The van der Waals surface area contributed by atoms with Crippen LogP contribution in [-0.4, -0.2) is 11.0 Å².